The van der Waals surface area contributed by atoms with Gasteiger partial charge in [-0.2, -0.15) is 5.10 Å². The summed E-state index contributed by atoms with van der Waals surface area (Å²) in [6.45, 7) is 6.94. The highest BCUT2D eigenvalue weighted by molar-refractivity contribution is 5.78. The second kappa shape index (κ2) is 5.12. The third-order valence-corrected chi connectivity index (χ3v) is 2.17. The lowest BCUT2D eigenvalue weighted by Crippen LogP contribution is -2.43. The quantitative estimate of drug-likeness (QED) is 0.779. The third-order valence-electron chi connectivity index (χ3n) is 2.17. The van der Waals surface area contributed by atoms with E-state index in [-0.39, 0.29) is 11.4 Å². The van der Waals surface area contributed by atoms with Gasteiger partial charge in [-0.05, 0) is 26.8 Å². The van der Waals surface area contributed by atoms with E-state index in [4.69, 9.17) is 0 Å². The maximum Gasteiger partial charge on any atom is 0.234 e. The fourth-order valence-electron chi connectivity index (χ4n) is 1.17. The average Bonchev–Trinajstić information content (AvgIpc) is 2.57. The maximum absolute atomic E-state index is 11.5. The lowest BCUT2D eigenvalue weighted by molar-refractivity contribution is -0.120. The van der Waals surface area contributed by atoms with Gasteiger partial charge in [0.15, 0.2) is 0 Å². The van der Waals surface area contributed by atoms with Crippen molar-refractivity contribution in [3.05, 3.63) is 18.0 Å². The highest BCUT2D eigenvalue weighted by Crippen LogP contribution is 1.97. The summed E-state index contributed by atoms with van der Waals surface area (Å²) in [5.41, 5.74) is 0.952. The Labute approximate surface area is 96.2 Å². The molecule has 1 aromatic heterocycles. The largest absolute Gasteiger partial charge is 0.349 e. The lowest BCUT2D eigenvalue weighted by Gasteiger charge is -2.19. The number of rotatable bonds is 4. The molecule has 0 fully saturated rings. The minimum Gasteiger partial charge on any atom is -0.349 e. The molecule has 0 aliphatic carbocycles. The monoisotopic (exact) mass is 224 g/mol. The van der Waals surface area contributed by atoms with Crippen LogP contribution in [0, 0.1) is 0 Å². The summed E-state index contributed by atoms with van der Waals surface area (Å²) in [5.74, 6) is -0.00359. The molecule has 0 radical (unpaired) electrons. The van der Waals surface area contributed by atoms with Gasteiger partial charge < -0.3 is 10.6 Å². The first-order chi connectivity index (χ1) is 7.38. The number of hydrogen-bond acceptors (Lipinski definition) is 3. The van der Waals surface area contributed by atoms with Gasteiger partial charge in [0.2, 0.25) is 5.91 Å². The van der Waals surface area contributed by atoms with Crippen LogP contribution in [0.25, 0.3) is 0 Å². The van der Waals surface area contributed by atoms with Crippen LogP contribution in [0.15, 0.2) is 12.3 Å². The number of nitrogens with zero attached hydrogens (tertiary/aromatic N) is 2. The van der Waals surface area contributed by atoms with Gasteiger partial charge >= 0.3 is 0 Å². The van der Waals surface area contributed by atoms with Crippen molar-refractivity contribution in [3.8, 4) is 0 Å². The van der Waals surface area contributed by atoms with Crippen LogP contribution in [0.2, 0.25) is 0 Å². The summed E-state index contributed by atoms with van der Waals surface area (Å²) >= 11 is 0. The van der Waals surface area contributed by atoms with E-state index in [0.717, 1.165) is 5.69 Å². The van der Waals surface area contributed by atoms with Gasteiger partial charge in [0.25, 0.3) is 0 Å². The molecule has 90 valence electrons. The molecule has 5 heteroatoms. The highest BCUT2D eigenvalue weighted by atomic mass is 16.1. The summed E-state index contributed by atoms with van der Waals surface area (Å²) in [4.78, 5) is 11.5. The van der Waals surface area contributed by atoms with Crippen LogP contribution < -0.4 is 10.6 Å². The molecule has 0 bridgehead atoms. The van der Waals surface area contributed by atoms with E-state index >= 15 is 0 Å². The Hall–Kier alpha value is -1.36. The van der Waals surface area contributed by atoms with Crippen LogP contribution in [-0.2, 0) is 18.4 Å². The summed E-state index contributed by atoms with van der Waals surface area (Å²) in [6, 6.07) is 1.89. The number of aromatic nitrogens is 2. The van der Waals surface area contributed by atoms with Crippen molar-refractivity contribution in [2.45, 2.75) is 32.9 Å². The first kappa shape index (κ1) is 12.7. The fourth-order valence-corrected chi connectivity index (χ4v) is 1.17. The molecule has 0 aromatic carbocycles. The van der Waals surface area contributed by atoms with Gasteiger partial charge in [0, 0.05) is 18.8 Å². The molecular formula is C11H20N4O. The predicted octanol–water partition coefficient (Wildman–Crippen LogP) is 0.424. The van der Waals surface area contributed by atoms with E-state index in [1.54, 1.807) is 10.9 Å². The Morgan fingerprint density at radius 1 is 1.50 bits per heavy atom. The van der Waals surface area contributed by atoms with Crippen LogP contribution in [0.1, 0.15) is 26.5 Å². The molecule has 0 unspecified atom stereocenters. The van der Waals surface area contributed by atoms with Gasteiger partial charge in [0.1, 0.15) is 0 Å². The molecule has 16 heavy (non-hydrogen) atoms. The molecule has 0 spiro atoms. The van der Waals surface area contributed by atoms with Crippen molar-refractivity contribution in [1.29, 1.82) is 0 Å². The van der Waals surface area contributed by atoms with Crippen molar-refractivity contribution in [3.63, 3.8) is 0 Å². The van der Waals surface area contributed by atoms with E-state index in [9.17, 15) is 4.79 Å². The molecule has 1 amide bonds. The molecule has 1 heterocycles. The first-order valence-electron chi connectivity index (χ1n) is 5.37. The van der Waals surface area contributed by atoms with Crippen LogP contribution in [0.3, 0.4) is 0 Å². The van der Waals surface area contributed by atoms with Crippen molar-refractivity contribution < 1.29 is 4.79 Å². The Balaban J connectivity index is 2.29. The minimum atomic E-state index is -0.0378. The second-order valence-electron chi connectivity index (χ2n) is 4.83. The van der Waals surface area contributed by atoms with Crippen molar-refractivity contribution in [2.24, 2.45) is 7.05 Å². The number of amides is 1. The molecule has 0 aliphatic rings. The van der Waals surface area contributed by atoms with Gasteiger partial charge in [-0.15, -0.1) is 0 Å². The Bertz CT molecular complexity index is 351. The van der Waals surface area contributed by atoms with Gasteiger partial charge in [-0.3, -0.25) is 9.48 Å². The zero-order valence-corrected chi connectivity index (χ0v) is 10.4. The van der Waals surface area contributed by atoms with Crippen LogP contribution in [-0.4, -0.2) is 27.8 Å². The minimum absolute atomic E-state index is 0.00359. The average molecular weight is 224 g/mol. The molecule has 0 saturated heterocycles. The van der Waals surface area contributed by atoms with E-state index in [1.807, 2.05) is 33.9 Å². The van der Waals surface area contributed by atoms with Crippen molar-refractivity contribution in [1.82, 2.24) is 20.4 Å². The molecule has 2 N–H and O–H groups in total. The molecule has 1 rings (SSSR count). The number of nitrogens with one attached hydrogen (secondary N) is 2. The number of hydrogen-bond donors (Lipinski definition) is 2. The lowest BCUT2D eigenvalue weighted by atomic mass is 10.1. The smallest absolute Gasteiger partial charge is 0.234 e. The number of carbonyl (C=O) groups excluding carboxylic acids is 1. The third kappa shape index (κ3) is 4.44. The van der Waals surface area contributed by atoms with Gasteiger partial charge in [0.05, 0.1) is 18.8 Å². The predicted molar refractivity (Wildman–Crippen MR) is 62.8 cm³/mol. The second-order valence-corrected chi connectivity index (χ2v) is 4.83. The standard InChI is InChI=1S/C11H20N4O/c1-11(2,3)13-8-10(16)12-7-9-5-6-14-15(9)4/h5-6,13H,7-8H2,1-4H3,(H,12,16). The van der Waals surface area contributed by atoms with Gasteiger partial charge in [-0.25, -0.2) is 0 Å². The zero-order chi connectivity index (χ0) is 12.2. The maximum atomic E-state index is 11.5. The number of aryl methyl sites for hydroxylation is 1. The topological polar surface area (TPSA) is 59.0 Å². The molecule has 0 atom stereocenters. The fraction of sp³-hybridized carbons (Fsp3) is 0.636. The van der Waals surface area contributed by atoms with Gasteiger partial charge in [-0.1, -0.05) is 0 Å². The summed E-state index contributed by atoms with van der Waals surface area (Å²) in [6.07, 6.45) is 1.72. The zero-order valence-electron chi connectivity index (χ0n) is 10.4. The van der Waals surface area contributed by atoms with Crippen LogP contribution >= 0.6 is 0 Å². The summed E-state index contributed by atoms with van der Waals surface area (Å²) < 4.78 is 1.75. The van der Waals surface area contributed by atoms with E-state index in [2.05, 4.69) is 15.7 Å². The van der Waals surface area contributed by atoms with Crippen molar-refractivity contribution in [2.75, 3.05) is 6.54 Å². The highest BCUT2D eigenvalue weighted by Gasteiger charge is 2.11. The van der Waals surface area contributed by atoms with Crippen LogP contribution in [0.5, 0.6) is 0 Å². The Morgan fingerprint density at radius 3 is 2.69 bits per heavy atom. The normalized spacial score (nSPS) is 11.5. The number of carbonyl (C=O) groups is 1. The molecular weight excluding hydrogens is 204 g/mol. The van der Waals surface area contributed by atoms with E-state index in [1.165, 1.54) is 0 Å². The Morgan fingerprint density at radius 2 is 2.19 bits per heavy atom. The first-order valence-corrected chi connectivity index (χ1v) is 5.37. The molecule has 1 aromatic rings. The van der Waals surface area contributed by atoms with Crippen LogP contribution in [0.4, 0.5) is 0 Å². The van der Waals surface area contributed by atoms with E-state index < -0.39 is 0 Å². The summed E-state index contributed by atoms with van der Waals surface area (Å²) in [7, 11) is 1.86. The molecule has 5 nitrogen and oxygen atoms in total. The SMILES string of the molecule is Cn1nccc1CNC(=O)CNC(C)(C)C. The summed E-state index contributed by atoms with van der Waals surface area (Å²) in [5, 5.41) is 10.00. The molecule has 0 aliphatic heterocycles. The van der Waals surface area contributed by atoms with Crippen molar-refractivity contribution >= 4 is 5.91 Å². The van der Waals surface area contributed by atoms with E-state index in [0.29, 0.717) is 13.1 Å². The molecule has 0 saturated carbocycles. The Kier molecular flexibility index (Phi) is 4.06.